The molecule has 1 atom stereocenters. The normalized spacial score (nSPS) is 20.2. The molecule has 0 saturated carbocycles. The Labute approximate surface area is 154 Å². The van der Waals surface area contributed by atoms with Gasteiger partial charge in [-0.25, -0.2) is 0 Å². The van der Waals surface area contributed by atoms with Gasteiger partial charge in [-0.15, -0.1) is 0 Å². The van der Waals surface area contributed by atoms with Gasteiger partial charge in [0.1, 0.15) is 5.60 Å². The molecule has 26 heavy (non-hydrogen) atoms. The third-order valence-corrected chi connectivity index (χ3v) is 4.68. The number of rotatable bonds is 6. The average Bonchev–Trinajstić information content (AvgIpc) is 2.69. The van der Waals surface area contributed by atoms with Crippen LogP contribution in [0.15, 0.2) is 54.6 Å². The Bertz CT molecular complexity index is 734. The van der Waals surface area contributed by atoms with Gasteiger partial charge in [-0.1, -0.05) is 42.5 Å². The van der Waals surface area contributed by atoms with E-state index in [9.17, 15) is 9.90 Å². The van der Waals surface area contributed by atoms with Crippen LogP contribution in [0.1, 0.15) is 21.5 Å². The molecule has 1 aliphatic heterocycles. The summed E-state index contributed by atoms with van der Waals surface area (Å²) in [6, 6.07) is 17.4. The molecule has 138 valence electrons. The number of benzene rings is 2. The van der Waals surface area contributed by atoms with Crippen LogP contribution in [0.4, 0.5) is 0 Å². The molecular weight excluding hydrogens is 330 g/mol. The molecule has 1 unspecified atom stereocenters. The summed E-state index contributed by atoms with van der Waals surface area (Å²) in [4.78, 5) is 14.7. The maximum atomic E-state index is 13.0. The largest absolute Gasteiger partial charge is 0.393 e. The van der Waals surface area contributed by atoms with Gasteiger partial charge in [0.05, 0.1) is 26.4 Å². The molecule has 3 rings (SSSR count). The van der Waals surface area contributed by atoms with Crippen molar-refractivity contribution in [1.82, 2.24) is 4.90 Å². The highest BCUT2D eigenvalue weighted by molar-refractivity contribution is 5.94. The molecule has 1 saturated heterocycles. The molecule has 2 aromatic carbocycles. The van der Waals surface area contributed by atoms with Gasteiger partial charge >= 0.3 is 0 Å². The summed E-state index contributed by atoms with van der Waals surface area (Å²) >= 11 is 0. The molecule has 0 radical (unpaired) electrons. The lowest BCUT2D eigenvalue weighted by atomic mass is 9.93. The van der Waals surface area contributed by atoms with Crippen molar-refractivity contribution in [1.29, 1.82) is 0 Å². The van der Waals surface area contributed by atoms with E-state index >= 15 is 0 Å². The van der Waals surface area contributed by atoms with Crippen molar-refractivity contribution in [3.05, 3.63) is 71.3 Å². The van der Waals surface area contributed by atoms with Crippen molar-refractivity contribution >= 4 is 5.91 Å². The minimum absolute atomic E-state index is 0.0443. The highest BCUT2D eigenvalue weighted by Gasteiger charge is 2.38. The second kappa shape index (κ2) is 8.45. The smallest absolute Gasteiger partial charge is 0.254 e. The maximum Gasteiger partial charge on any atom is 0.254 e. The summed E-state index contributed by atoms with van der Waals surface area (Å²) in [6.07, 6.45) is 0.567. The molecule has 1 heterocycles. The summed E-state index contributed by atoms with van der Waals surface area (Å²) in [5, 5.41) is 10.0. The quantitative estimate of drug-likeness (QED) is 0.864. The lowest BCUT2D eigenvalue weighted by Crippen LogP contribution is -2.56. The standard InChI is InChI=1S/C21H25NO4/c1-25-14-18-8-5-9-19(12-18)20(24)22-10-11-26-21(15-22,16-23)13-17-6-3-2-4-7-17/h2-9,12,23H,10-11,13-16H2,1H3. The molecule has 0 bridgehead atoms. The summed E-state index contributed by atoms with van der Waals surface area (Å²) in [5.74, 6) is -0.0443. The lowest BCUT2D eigenvalue weighted by Gasteiger charge is -2.42. The van der Waals surface area contributed by atoms with Crippen molar-refractivity contribution < 1.29 is 19.4 Å². The fourth-order valence-corrected chi connectivity index (χ4v) is 3.39. The fraction of sp³-hybridized carbons (Fsp3) is 0.381. The second-order valence-electron chi connectivity index (χ2n) is 6.71. The third kappa shape index (κ3) is 4.30. The predicted molar refractivity (Wildman–Crippen MR) is 99.0 cm³/mol. The van der Waals surface area contributed by atoms with E-state index in [0.29, 0.717) is 38.3 Å². The van der Waals surface area contributed by atoms with E-state index in [1.165, 1.54) is 0 Å². The first-order valence-corrected chi connectivity index (χ1v) is 8.82. The van der Waals surface area contributed by atoms with Gasteiger partial charge in [0.15, 0.2) is 0 Å². The van der Waals surface area contributed by atoms with Gasteiger partial charge in [-0.3, -0.25) is 4.79 Å². The van der Waals surface area contributed by atoms with E-state index in [-0.39, 0.29) is 12.5 Å². The Balaban J connectivity index is 1.76. The number of amides is 1. The van der Waals surface area contributed by atoms with Crippen LogP contribution in [0.3, 0.4) is 0 Å². The molecule has 5 nitrogen and oxygen atoms in total. The number of hydrogen-bond donors (Lipinski definition) is 1. The van der Waals surface area contributed by atoms with Crippen LogP contribution >= 0.6 is 0 Å². The Morgan fingerprint density at radius 3 is 2.69 bits per heavy atom. The van der Waals surface area contributed by atoms with Crippen molar-refractivity contribution in [2.45, 2.75) is 18.6 Å². The van der Waals surface area contributed by atoms with Crippen LogP contribution < -0.4 is 0 Å². The number of hydrogen-bond acceptors (Lipinski definition) is 4. The zero-order valence-electron chi connectivity index (χ0n) is 15.1. The van der Waals surface area contributed by atoms with Crippen molar-refractivity contribution in [3.8, 4) is 0 Å². The Hall–Kier alpha value is -2.21. The fourth-order valence-electron chi connectivity index (χ4n) is 3.39. The number of nitrogens with zero attached hydrogens (tertiary/aromatic N) is 1. The average molecular weight is 355 g/mol. The van der Waals surface area contributed by atoms with Gasteiger partial charge < -0.3 is 19.5 Å². The summed E-state index contributed by atoms with van der Waals surface area (Å²) < 4.78 is 11.1. The molecule has 1 aliphatic rings. The molecule has 5 heteroatoms. The Morgan fingerprint density at radius 1 is 1.19 bits per heavy atom. The van der Waals surface area contributed by atoms with E-state index in [1.807, 2.05) is 54.6 Å². The second-order valence-corrected chi connectivity index (χ2v) is 6.71. The topological polar surface area (TPSA) is 59.0 Å². The Morgan fingerprint density at radius 2 is 1.96 bits per heavy atom. The van der Waals surface area contributed by atoms with Crippen LogP contribution in [-0.2, 0) is 22.5 Å². The number of carbonyl (C=O) groups is 1. The van der Waals surface area contributed by atoms with E-state index in [2.05, 4.69) is 0 Å². The molecule has 0 spiro atoms. The maximum absolute atomic E-state index is 13.0. The number of morpholine rings is 1. The van der Waals surface area contributed by atoms with Gasteiger partial charge in [-0.05, 0) is 23.3 Å². The minimum atomic E-state index is -0.764. The van der Waals surface area contributed by atoms with Gasteiger partial charge in [0.2, 0.25) is 0 Å². The van der Waals surface area contributed by atoms with Gasteiger partial charge in [-0.2, -0.15) is 0 Å². The number of carbonyl (C=O) groups excluding carboxylic acids is 1. The van der Waals surface area contributed by atoms with Crippen LogP contribution in [0.2, 0.25) is 0 Å². The summed E-state index contributed by atoms with van der Waals surface area (Å²) in [5.41, 5.74) is 1.91. The number of aliphatic hydroxyl groups is 1. The van der Waals surface area contributed by atoms with Crippen molar-refractivity contribution in [3.63, 3.8) is 0 Å². The molecule has 2 aromatic rings. The first-order chi connectivity index (χ1) is 12.7. The minimum Gasteiger partial charge on any atom is -0.393 e. The summed E-state index contributed by atoms with van der Waals surface area (Å²) in [6.45, 7) is 1.64. The third-order valence-electron chi connectivity index (χ3n) is 4.68. The molecule has 1 fully saturated rings. The van der Waals surface area contributed by atoms with Crippen molar-refractivity contribution in [2.24, 2.45) is 0 Å². The highest BCUT2D eigenvalue weighted by Crippen LogP contribution is 2.24. The molecular formula is C21H25NO4. The zero-order chi connectivity index (χ0) is 18.4. The van der Waals surface area contributed by atoms with Crippen LogP contribution in [0.5, 0.6) is 0 Å². The lowest BCUT2D eigenvalue weighted by molar-refractivity contribution is -0.123. The van der Waals surface area contributed by atoms with E-state index in [0.717, 1.165) is 11.1 Å². The van der Waals surface area contributed by atoms with E-state index in [1.54, 1.807) is 12.0 Å². The van der Waals surface area contributed by atoms with E-state index in [4.69, 9.17) is 9.47 Å². The SMILES string of the molecule is COCc1cccc(C(=O)N2CCOC(CO)(Cc3ccccc3)C2)c1. The summed E-state index contributed by atoms with van der Waals surface area (Å²) in [7, 11) is 1.63. The van der Waals surface area contributed by atoms with E-state index < -0.39 is 5.60 Å². The highest BCUT2D eigenvalue weighted by atomic mass is 16.5. The van der Waals surface area contributed by atoms with Crippen LogP contribution in [0, 0.1) is 0 Å². The van der Waals surface area contributed by atoms with Gasteiger partial charge in [0.25, 0.3) is 5.91 Å². The molecule has 1 amide bonds. The molecule has 1 N–H and O–H groups in total. The molecule has 0 aliphatic carbocycles. The van der Waals surface area contributed by atoms with Crippen molar-refractivity contribution in [2.75, 3.05) is 33.4 Å². The monoisotopic (exact) mass is 355 g/mol. The number of aliphatic hydroxyl groups excluding tert-OH is 1. The zero-order valence-corrected chi connectivity index (χ0v) is 15.1. The predicted octanol–water partition coefficient (Wildman–Crippen LogP) is 2.28. The number of ether oxygens (including phenoxy) is 2. The number of methoxy groups -OCH3 is 1. The van der Waals surface area contributed by atoms with Gasteiger partial charge in [0, 0.05) is 25.6 Å². The first kappa shape index (κ1) is 18.6. The van der Waals surface area contributed by atoms with Crippen LogP contribution in [0.25, 0.3) is 0 Å². The first-order valence-electron chi connectivity index (χ1n) is 8.82. The Kier molecular flexibility index (Phi) is 6.04. The van der Waals surface area contributed by atoms with Crippen LogP contribution in [-0.4, -0.2) is 54.9 Å². The molecule has 0 aromatic heterocycles.